The fourth-order valence-electron chi connectivity index (χ4n) is 2.43. The van der Waals surface area contributed by atoms with E-state index in [1.165, 1.54) is 29.2 Å². The maximum Gasteiger partial charge on any atom is 0.407 e. The fourth-order valence-corrected chi connectivity index (χ4v) is 2.43. The second-order valence-corrected chi connectivity index (χ2v) is 4.59. The zero-order valence-electron chi connectivity index (χ0n) is 10.5. The summed E-state index contributed by atoms with van der Waals surface area (Å²) in [4.78, 5) is 12.4. The molecular formula is C13H14F3NO3. The number of carboxylic acid groups (broad SMARTS) is 1. The van der Waals surface area contributed by atoms with Crippen molar-refractivity contribution in [3.8, 4) is 0 Å². The van der Waals surface area contributed by atoms with Crippen LogP contribution in [0.3, 0.4) is 0 Å². The maximum absolute atomic E-state index is 12.9. The second-order valence-electron chi connectivity index (χ2n) is 4.59. The Bertz CT molecular complexity index is 466. The van der Waals surface area contributed by atoms with Crippen LogP contribution in [-0.4, -0.2) is 35.4 Å². The lowest BCUT2D eigenvalue weighted by Crippen LogP contribution is -2.43. The van der Waals surface area contributed by atoms with Gasteiger partial charge in [-0.1, -0.05) is 12.1 Å². The minimum atomic E-state index is -2.88. The summed E-state index contributed by atoms with van der Waals surface area (Å²) in [5.74, 6) is -0.438. The summed E-state index contributed by atoms with van der Waals surface area (Å²) in [6.45, 7) is -2.78. The molecule has 7 heteroatoms. The first-order valence-corrected chi connectivity index (χ1v) is 6.16. The molecule has 4 nitrogen and oxygen atoms in total. The van der Waals surface area contributed by atoms with Gasteiger partial charge >= 0.3 is 12.7 Å². The lowest BCUT2D eigenvalue weighted by Gasteiger charge is -2.37. The van der Waals surface area contributed by atoms with Gasteiger partial charge in [-0.15, -0.1) is 0 Å². The van der Waals surface area contributed by atoms with Crippen molar-refractivity contribution in [2.75, 3.05) is 6.54 Å². The molecule has 20 heavy (non-hydrogen) atoms. The van der Waals surface area contributed by atoms with E-state index in [0.29, 0.717) is 5.56 Å². The summed E-state index contributed by atoms with van der Waals surface area (Å²) in [6.07, 6.45) is -1.49. The van der Waals surface area contributed by atoms with E-state index in [4.69, 9.17) is 5.11 Å². The van der Waals surface area contributed by atoms with Gasteiger partial charge in [-0.2, -0.15) is 8.78 Å². The molecule has 2 rings (SSSR count). The van der Waals surface area contributed by atoms with Crippen LogP contribution < -0.4 is 0 Å². The van der Waals surface area contributed by atoms with Crippen molar-refractivity contribution in [3.05, 3.63) is 35.6 Å². The van der Waals surface area contributed by atoms with Crippen LogP contribution in [0.4, 0.5) is 18.0 Å². The van der Waals surface area contributed by atoms with Crippen molar-refractivity contribution < 1.29 is 27.8 Å². The number of halogens is 3. The largest absolute Gasteiger partial charge is 0.465 e. The second kappa shape index (κ2) is 6.13. The van der Waals surface area contributed by atoms with E-state index in [1.54, 1.807) is 0 Å². The van der Waals surface area contributed by atoms with E-state index >= 15 is 0 Å². The van der Waals surface area contributed by atoms with Gasteiger partial charge < -0.3 is 14.7 Å². The van der Waals surface area contributed by atoms with Crippen molar-refractivity contribution in [2.24, 2.45) is 0 Å². The molecule has 0 aromatic heterocycles. The van der Waals surface area contributed by atoms with E-state index in [0.717, 1.165) is 0 Å². The Balaban J connectivity index is 2.18. The first-order chi connectivity index (χ1) is 9.47. The van der Waals surface area contributed by atoms with Crippen LogP contribution >= 0.6 is 0 Å². The van der Waals surface area contributed by atoms with Gasteiger partial charge in [0.1, 0.15) is 5.82 Å². The average molecular weight is 289 g/mol. The first-order valence-electron chi connectivity index (χ1n) is 6.16. The Morgan fingerprint density at radius 2 is 2.00 bits per heavy atom. The van der Waals surface area contributed by atoms with Crippen LogP contribution in [0, 0.1) is 5.82 Å². The zero-order valence-corrected chi connectivity index (χ0v) is 10.5. The molecule has 1 saturated heterocycles. The number of rotatable bonds is 3. The number of piperidine rings is 1. The van der Waals surface area contributed by atoms with Crippen LogP contribution in [0.5, 0.6) is 0 Å². The van der Waals surface area contributed by atoms with Gasteiger partial charge in [0, 0.05) is 6.54 Å². The van der Waals surface area contributed by atoms with Gasteiger partial charge in [-0.05, 0) is 30.5 Å². The summed E-state index contributed by atoms with van der Waals surface area (Å²) in [5, 5.41) is 9.16. The molecule has 0 aliphatic carbocycles. The number of hydrogen-bond acceptors (Lipinski definition) is 2. The number of nitrogens with zero attached hydrogens (tertiary/aromatic N) is 1. The molecule has 1 amide bonds. The van der Waals surface area contributed by atoms with E-state index in [2.05, 4.69) is 4.74 Å². The van der Waals surface area contributed by atoms with Crippen molar-refractivity contribution in [2.45, 2.75) is 31.6 Å². The molecule has 110 valence electrons. The maximum atomic E-state index is 12.9. The third-order valence-electron chi connectivity index (χ3n) is 3.35. The minimum Gasteiger partial charge on any atom is -0.465 e. The summed E-state index contributed by atoms with van der Waals surface area (Å²) < 4.78 is 41.9. The van der Waals surface area contributed by atoms with Gasteiger partial charge in [-0.25, -0.2) is 9.18 Å². The molecule has 1 aliphatic rings. The molecular weight excluding hydrogens is 275 g/mol. The zero-order chi connectivity index (χ0) is 14.7. The summed E-state index contributed by atoms with van der Waals surface area (Å²) >= 11 is 0. The van der Waals surface area contributed by atoms with Crippen molar-refractivity contribution in [1.29, 1.82) is 0 Å². The highest BCUT2D eigenvalue weighted by Crippen LogP contribution is 2.33. The molecule has 0 bridgehead atoms. The highest BCUT2D eigenvalue weighted by atomic mass is 19.3. The van der Waals surface area contributed by atoms with E-state index < -0.39 is 30.7 Å². The highest BCUT2D eigenvalue weighted by Gasteiger charge is 2.34. The smallest absolute Gasteiger partial charge is 0.407 e. The van der Waals surface area contributed by atoms with Gasteiger partial charge in [0.15, 0.2) is 0 Å². The Labute approximate surface area is 113 Å². The lowest BCUT2D eigenvalue weighted by atomic mass is 9.93. The number of likely N-dealkylation sites (tertiary alicyclic amines) is 1. The van der Waals surface area contributed by atoms with E-state index in [1.807, 2.05) is 0 Å². The van der Waals surface area contributed by atoms with Crippen LogP contribution in [0.15, 0.2) is 24.3 Å². The normalized spacial score (nSPS) is 23.1. The van der Waals surface area contributed by atoms with E-state index in [-0.39, 0.29) is 19.4 Å². The van der Waals surface area contributed by atoms with Crippen molar-refractivity contribution in [3.63, 3.8) is 0 Å². The molecule has 1 aromatic rings. The highest BCUT2D eigenvalue weighted by molar-refractivity contribution is 5.66. The quantitative estimate of drug-likeness (QED) is 0.929. The van der Waals surface area contributed by atoms with Gasteiger partial charge in [0.2, 0.25) is 0 Å². The van der Waals surface area contributed by atoms with Gasteiger partial charge in [0.25, 0.3) is 0 Å². The number of alkyl halides is 2. The number of amides is 1. The SMILES string of the molecule is O=C(O)N1CCC(OC(F)F)CC1c1ccc(F)cc1. The Morgan fingerprint density at radius 1 is 1.35 bits per heavy atom. The molecule has 2 atom stereocenters. The Hall–Kier alpha value is -1.76. The summed E-state index contributed by atoms with van der Waals surface area (Å²) in [5.41, 5.74) is 0.566. The predicted molar refractivity (Wildman–Crippen MR) is 64.0 cm³/mol. The standard InChI is InChI=1S/C13H14F3NO3/c14-9-3-1-8(2-4-9)11-7-10(20-12(15)16)5-6-17(11)13(18)19/h1-4,10-12H,5-7H2,(H,18,19). The first kappa shape index (κ1) is 14.6. The third kappa shape index (κ3) is 3.41. The molecule has 1 N–H and O–H groups in total. The molecule has 0 spiro atoms. The Morgan fingerprint density at radius 3 is 2.55 bits per heavy atom. The van der Waals surface area contributed by atoms with E-state index in [9.17, 15) is 18.0 Å². The molecule has 1 heterocycles. The van der Waals surface area contributed by atoms with Crippen molar-refractivity contribution in [1.82, 2.24) is 4.90 Å². The predicted octanol–water partition coefficient (Wildman–Crippen LogP) is 3.25. The summed E-state index contributed by atoms with van der Waals surface area (Å²) in [6, 6.07) is 4.74. The van der Waals surface area contributed by atoms with Crippen LogP contribution in [0.2, 0.25) is 0 Å². The number of ether oxygens (including phenoxy) is 1. The minimum absolute atomic E-state index is 0.106. The van der Waals surface area contributed by atoms with Gasteiger partial charge in [0.05, 0.1) is 12.1 Å². The van der Waals surface area contributed by atoms with Crippen LogP contribution in [0.25, 0.3) is 0 Å². The summed E-state index contributed by atoms with van der Waals surface area (Å²) in [7, 11) is 0. The third-order valence-corrected chi connectivity index (χ3v) is 3.35. The molecule has 0 saturated carbocycles. The number of benzene rings is 1. The monoisotopic (exact) mass is 289 g/mol. The van der Waals surface area contributed by atoms with Crippen LogP contribution in [-0.2, 0) is 4.74 Å². The Kier molecular flexibility index (Phi) is 4.49. The molecule has 0 radical (unpaired) electrons. The lowest BCUT2D eigenvalue weighted by molar-refractivity contribution is -0.175. The van der Waals surface area contributed by atoms with Crippen molar-refractivity contribution >= 4 is 6.09 Å². The molecule has 1 aromatic carbocycles. The molecule has 2 unspecified atom stereocenters. The number of hydrogen-bond donors (Lipinski definition) is 1. The molecule has 1 fully saturated rings. The van der Waals surface area contributed by atoms with Crippen LogP contribution in [0.1, 0.15) is 24.4 Å². The fraction of sp³-hybridized carbons (Fsp3) is 0.462. The van der Waals surface area contributed by atoms with Gasteiger partial charge in [-0.3, -0.25) is 0 Å². The molecule has 1 aliphatic heterocycles. The topological polar surface area (TPSA) is 49.8 Å². The average Bonchev–Trinajstić information content (AvgIpc) is 2.38. The number of carbonyl (C=O) groups is 1.